The van der Waals surface area contributed by atoms with Crippen LogP contribution in [-0.2, 0) is 9.59 Å². The van der Waals surface area contributed by atoms with Crippen molar-refractivity contribution in [3.63, 3.8) is 0 Å². The maximum absolute atomic E-state index is 11.9. The Morgan fingerprint density at radius 3 is 2.71 bits per heavy atom. The van der Waals surface area contributed by atoms with Gasteiger partial charge < -0.3 is 10.4 Å². The van der Waals surface area contributed by atoms with E-state index >= 15 is 0 Å². The number of carboxylic acid groups (broad SMARTS) is 1. The number of carbonyl (C=O) groups is 2. The Labute approximate surface area is 104 Å². The summed E-state index contributed by atoms with van der Waals surface area (Å²) in [7, 11) is 0. The summed E-state index contributed by atoms with van der Waals surface area (Å²) in [4.78, 5) is 22.9. The van der Waals surface area contributed by atoms with Gasteiger partial charge in [-0.15, -0.1) is 0 Å². The quantitative estimate of drug-likeness (QED) is 0.841. The molecule has 0 aromatic carbocycles. The van der Waals surface area contributed by atoms with Gasteiger partial charge in [0, 0.05) is 0 Å². The number of carbonyl (C=O) groups excluding carboxylic acids is 1. The molecule has 1 amide bonds. The molecular formula is C12H15NO3S. The number of thiophene rings is 1. The zero-order valence-electron chi connectivity index (χ0n) is 9.55. The first-order chi connectivity index (χ1) is 8.09. The third kappa shape index (κ3) is 2.85. The Bertz CT molecular complexity index is 411. The highest BCUT2D eigenvalue weighted by atomic mass is 32.1. The SMILES string of the molecule is CC(C(=O)NC(C(=O)O)C1CC1)c1ccsc1. The van der Waals surface area contributed by atoms with Crippen LogP contribution < -0.4 is 5.32 Å². The van der Waals surface area contributed by atoms with Crippen molar-refractivity contribution in [1.29, 1.82) is 0 Å². The molecule has 4 nitrogen and oxygen atoms in total. The second-order valence-electron chi connectivity index (χ2n) is 4.44. The standard InChI is InChI=1S/C12H15NO3S/c1-7(9-4-5-17-6-9)11(14)13-10(12(15)16)8-2-3-8/h4-8,10H,2-3H2,1H3,(H,13,14)(H,15,16). The lowest BCUT2D eigenvalue weighted by Crippen LogP contribution is -2.43. The number of amides is 1. The molecule has 2 rings (SSSR count). The monoisotopic (exact) mass is 253 g/mol. The fourth-order valence-corrected chi connectivity index (χ4v) is 2.52. The Balaban J connectivity index is 1.98. The van der Waals surface area contributed by atoms with Gasteiger partial charge >= 0.3 is 5.97 Å². The van der Waals surface area contributed by atoms with Gasteiger partial charge in [0.2, 0.25) is 5.91 Å². The molecule has 0 spiro atoms. The molecule has 1 heterocycles. The normalized spacial score (nSPS) is 18.4. The molecule has 5 heteroatoms. The topological polar surface area (TPSA) is 66.4 Å². The summed E-state index contributed by atoms with van der Waals surface area (Å²) in [6.07, 6.45) is 1.79. The summed E-state index contributed by atoms with van der Waals surface area (Å²) in [5.74, 6) is -1.31. The molecule has 2 atom stereocenters. The Morgan fingerprint density at radius 2 is 2.24 bits per heavy atom. The van der Waals surface area contributed by atoms with Gasteiger partial charge in [-0.3, -0.25) is 4.79 Å². The molecule has 92 valence electrons. The van der Waals surface area contributed by atoms with Crippen molar-refractivity contribution in [1.82, 2.24) is 5.32 Å². The molecule has 1 aliphatic carbocycles. The Hall–Kier alpha value is -1.36. The molecule has 17 heavy (non-hydrogen) atoms. The molecule has 1 saturated carbocycles. The molecule has 2 unspecified atom stereocenters. The van der Waals surface area contributed by atoms with Crippen LogP contribution in [0.5, 0.6) is 0 Å². The van der Waals surface area contributed by atoms with Crippen LogP contribution in [0.25, 0.3) is 0 Å². The van der Waals surface area contributed by atoms with E-state index in [1.54, 1.807) is 6.92 Å². The van der Waals surface area contributed by atoms with Crippen LogP contribution in [0, 0.1) is 5.92 Å². The van der Waals surface area contributed by atoms with E-state index in [9.17, 15) is 9.59 Å². The van der Waals surface area contributed by atoms with E-state index in [-0.39, 0.29) is 17.7 Å². The predicted molar refractivity (Wildman–Crippen MR) is 65.0 cm³/mol. The molecule has 2 N–H and O–H groups in total. The minimum atomic E-state index is -0.932. The molecule has 1 aliphatic rings. The molecule has 0 saturated heterocycles. The van der Waals surface area contributed by atoms with Gasteiger partial charge in [-0.1, -0.05) is 0 Å². The molecule has 1 aromatic heterocycles. The summed E-state index contributed by atoms with van der Waals surface area (Å²) in [5, 5.41) is 15.5. The largest absolute Gasteiger partial charge is 0.480 e. The van der Waals surface area contributed by atoms with E-state index in [0.717, 1.165) is 18.4 Å². The Morgan fingerprint density at radius 1 is 1.53 bits per heavy atom. The van der Waals surface area contributed by atoms with E-state index in [0.29, 0.717) is 0 Å². The summed E-state index contributed by atoms with van der Waals surface area (Å²) in [6.45, 7) is 1.79. The van der Waals surface area contributed by atoms with Crippen LogP contribution in [0.3, 0.4) is 0 Å². The van der Waals surface area contributed by atoms with Crippen LogP contribution in [0.4, 0.5) is 0 Å². The lowest BCUT2D eigenvalue weighted by Gasteiger charge is -2.16. The van der Waals surface area contributed by atoms with Crippen LogP contribution in [0.1, 0.15) is 31.2 Å². The van der Waals surface area contributed by atoms with E-state index in [4.69, 9.17) is 5.11 Å². The molecule has 0 bridgehead atoms. The van der Waals surface area contributed by atoms with Gasteiger partial charge in [-0.25, -0.2) is 4.79 Å². The number of hydrogen-bond donors (Lipinski definition) is 2. The van der Waals surface area contributed by atoms with Gasteiger partial charge in [0.1, 0.15) is 6.04 Å². The summed E-state index contributed by atoms with van der Waals surface area (Å²) in [5.41, 5.74) is 0.937. The van der Waals surface area contributed by atoms with Crippen molar-refractivity contribution in [2.24, 2.45) is 5.92 Å². The average molecular weight is 253 g/mol. The van der Waals surface area contributed by atoms with Crippen LogP contribution in [-0.4, -0.2) is 23.0 Å². The number of carboxylic acids is 1. The molecule has 1 aromatic rings. The number of aliphatic carboxylic acids is 1. The second kappa shape index (κ2) is 4.87. The maximum atomic E-state index is 11.9. The fraction of sp³-hybridized carbons (Fsp3) is 0.500. The summed E-state index contributed by atoms with van der Waals surface area (Å²) >= 11 is 1.53. The zero-order chi connectivity index (χ0) is 12.4. The third-order valence-electron chi connectivity index (χ3n) is 3.09. The fourth-order valence-electron chi connectivity index (χ4n) is 1.76. The third-order valence-corrected chi connectivity index (χ3v) is 3.80. The first-order valence-corrected chi connectivity index (χ1v) is 6.59. The first-order valence-electron chi connectivity index (χ1n) is 5.65. The first kappa shape index (κ1) is 12.1. The van der Waals surface area contributed by atoms with Crippen LogP contribution >= 0.6 is 11.3 Å². The second-order valence-corrected chi connectivity index (χ2v) is 5.22. The van der Waals surface area contributed by atoms with Crippen molar-refractivity contribution in [2.75, 3.05) is 0 Å². The highest BCUT2D eigenvalue weighted by Crippen LogP contribution is 2.33. The minimum Gasteiger partial charge on any atom is -0.480 e. The van der Waals surface area contributed by atoms with Gasteiger partial charge in [0.25, 0.3) is 0 Å². The highest BCUT2D eigenvalue weighted by molar-refractivity contribution is 7.08. The maximum Gasteiger partial charge on any atom is 0.326 e. The molecular weight excluding hydrogens is 238 g/mol. The average Bonchev–Trinajstić information content (AvgIpc) is 2.98. The van der Waals surface area contributed by atoms with Gasteiger partial charge in [0.05, 0.1) is 5.92 Å². The van der Waals surface area contributed by atoms with E-state index in [2.05, 4.69) is 5.32 Å². The van der Waals surface area contributed by atoms with Gasteiger partial charge in [-0.2, -0.15) is 11.3 Å². The number of hydrogen-bond acceptors (Lipinski definition) is 3. The van der Waals surface area contributed by atoms with E-state index < -0.39 is 12.0 Å². The van der Waals surface area contributed by atoms with Gasteiger partial charge in [0.15, 0.2) is 0 Å². The van der Waals surface area contributed by atoms with Crippen molar-refractivity contribution >= 4 is 23.2 Å². The van der Waals surface area contributed by atoms with Crippen molar-refractivity contribution in [3.8, 4) is 0 Å². The van der Waals surface area contributed by atoms with Crippen molar-refractivity contribution in [2.45, 2.75) is 31.7 Å². The van der Waals surface area contributed by atoms with Crippen molar-refractivity contribution < 1.29 is 14.7 Å². The summed E-state index contributed by atoms with van der Waals surface area (Å²) < 4.78 is 0. The minimum absolute atomic E-state index is 0.117. The highest BCUT2D eigenvalue weighted by Gasteiger charge is 2.37. The van der Waals surface area contributed by atoms with Crippen LogP contribution in [0.2, 0.25) is 0 Å². The number of nitrogens with one attached hydrogen (secondary N) is 1. The Kier molecular flexibility index (Phi) is 3.47. The molecule has 1 fully saturated rings. The molecule has 0 aliphatic heterocycles. The predicted octanol–water partition coefficient (Wildman–Crippen LogP) is 1.83. The smallest absolute Gasteiger partial charge is 0.326 e. The van der Waals surface area contributed by atoms with Crippen LogP contribution in [0.15, 0.2) is 16.8 Å². The summed E-state index contributed by atoms with van der Waals surface area (Å²) in [6, 6.07) is 1.17. The van der Waals surface area contributed by atoms with Gasteiger partial charge in [-0.05, 0) is 48.1 Å². The number of rotatable bonds is 5. The lowest BCUT2D eigenvalue weighted by molar-refractivity contribution is -0.142. The molecule has 0 radical (unpaired) electrons. The van der Waals surface area contributed by atoms with E-state index in [1.165, 1.54) is 11.3 Å². The lowest BCUT2D eigenvalue weighted by atomic mass is 10.0. The van der Waals surface area contributed by atoms with E-state index in [1.807, 2.05) is 16.8 Å². The zero-order valence-corrected chi connectivity index (χ0v) is 10.4. The van der Waals surface area contributed by atoms with Crippen molar-refractivity contribution in [3.05, 3.63) is 22.4 Å².